The van der Waals surface area contributed by atoms with Crippen LogP contribution in [0.3, 0.4) is 0 Å². The van der Waals surface area contributed by atoms with E-state index in [1.165, 1.54) is 64.2 Å². The highest BCUT2D eigenvalue weighted by Gasteiger charge is 2.55. The summed E-state index contributed by atoms with van der Waals surface area (Å²) in [7, 11) is 0. The van der Waals surface area contributed by atoms with Crippen molar-refractivity contribution in [2.75, 3.05) is 6.54 Å². The fourth-order valence-corrected chi connectivity index (χ4v) is 8.55. The average Bonchev–Trinajstić information content (AvgIpc) is 2.77. The van der Waals surface area contributed by atoms with Crippen molar-refractivity contribution in [2.45, 2.75) is 78.1 Å². The molecule has 8 unspecified atom stereocenters. The van der Waals surface area contributed by atoms with Gasteiger partial charge < -0.3 is 5.32 Å². The summed E-state index contributed by atoms with van der Waals surface area (Å²) in [5, 5.41) is 3.27. The van der Waals surface area contributed by atoms with E-state index in [2.05, 4.69) is 24.1 Å². The number of hydrogen-bond donors (Lipinski definition) is 1. The zero-order valence-electron chi connectivity index (χ0n) is 19.0. The molecule has 0 spiro atoms. The molecule has 4 aliphatic rings. The van der Waals surface area contributed by atoms with Crippen LogP contribution in [-0.2, 0) is 0 Å². The number of amides is 1. The fourth-order valence-electron chi connectivity index (χ4n) is 8.55. The minimum Gasteiger partial charge on any atom is -0.352 e. The summed E-state index contributed by atoms with van der Waals surface area (Å²) >= 11 is 0. The first-order valence-electron chi connectivity index (χ1n) is 12.7. The van der Waals surface area contributed by atoms with Gasteiger partial charge in [-0.05, 0) is 110 Å². The number of rotatable bonds is 3. The topological polar surface area (TPSA) is 42.0 Å². The third-order valence-electron chi connectivity index (χ3n) is 10.1. The Labute approximate surface area is 182 Å². The first-order valence-corrected chi connectivity index (χ1v) is 12.7. The summed E-state index contributed by atoms with van der Waals surface area (Å²) in [6.45, 7) is 5.90. The van der Waals surface area contributed by atoms with Gasteiger partial charge >= 0.3 is 0 Å². The highest BCUT2D eigenvalue weighted by molar-refractivity contribution is 5.93. The number of nitrogens with one attached hydrogen (secondary N) is 1. The molecule has 4 fully saturated rings. The second kappa shape index (κ2) is 8.28. The second-order valence-corrected chi connectivity index (χ2v) is 11.5. The molecule has 4 saturated carbocycles. The van der Waals surface area contributed by atoms with Crippen molar-refractivity contribution in [2.24, 2.45) is 46.8 Å². The molecule has 164 valence electrons. The van der Waals surface area contributed by atoms with Crippen molar-refractivity contribution in [1.82, 2.24) is 10.3 Å². The number of pyridine rings is 1. The van der Waals surface area contributed by atoms with Crippen LogP contribution in [0, 0.1) is 46.8 Å². The zero-order chi connectivity index (χ0) is 20.7. The summed E-state index contributed by atoms with van der Waals surface area (Å²) in [5.41, 5.74) is 1.10. The van der Waals surface area contributed by atoms with Crippen LogP contribution in [0.1, 0.15) is 88.4 Å². The molecule has 3 heteroatoms. The first kappa shape index (κ1) is 20.5. The lowest BCUT2D eigenvalue weighted by atomic mass is 9.45. The van der Waals surface area contributed by atoms with E-state index in [1.54, 1.807) is 12.4 Å². The monoisotopic (exact) mass is 408 g/mol. The summed E-state index contributed by atoms with van der Waals surface area (Å²) in [5.74, 6) is 6.51. The van der Waals surface area contributed by atoms with Crippen LogP contribution in [0.4, 0.5) is 0 Å². The summed E-state index contributed by atoms with van der Waals surface area (Å²) in [6, 6.07) is 3.71. The van der Waals surface area contributed by atoms with E-state index in [0.717, 1.165) is 42.1 Å². The predicted octanol–water partition coefficient (Wildman–Crippen LogP) is 6.11. The van der Waals surface area contributed by atoms with Gasteiger partial charge in [0.05, 0.1) is 5.56 Å². The lowest BCUT2D eigenvalue weighted by molar-refractivity contribution is -0.108. The molecule has 1 N–H and O–H groups in total. The van der Waals surface area contributed by atoms with Crippen molar-refractivity contribution in [3.63, 3.8) is 0 Å². The molecule has 0 aromatic carbocycles. The van der Waals surface area contributed by atoms with Gasteiger partial charge in [0.1, 0.15) is 0 Å². The Hall–Kier alpha value is -1.38. The Morgan fingerprint density at radius 2 is 1.97 bits per heavy atom. The van der Waals surface area contributed by atoms with Gasteiger partial charge in [-0.2, -0.15) is 0 Å². The molecule has 3 nitrogen and oxygen atoms in total. The van der Waals surface area contributed by atoms with E-state index in [-0.39, 0.29) is 5.91 Å². The van der Waals surface area contributed by atoms with Gasteiger partial charge in [-0.3, -0.25) is 9.78 Å². The SMILES string of the molecule is CC1CCC2C(CCC3C2CCC2(C)C(CNC(=O)c4cccnc4)CCCC32)C1. The maximum absolute atomic E-state index is 12.6. The van der Waals surface area contributed by atoms with Gasteiger partial charge in [0.2, 0.25) is 0 Å². The number of carbonyl (C=O) groups is 1. The van der Waals surface area contributed by atoms with E-state index in [1.807, 2.05) is 12.1 Å². The molecule has 1 aromatic heterocycles. The summed E-state index contributed by atoms with van der Waals surface area (Å²) in [6.07, 6.45) is 17.7. The molecular formula is C27H40N2O. The van der Waals surface area contributed by atoms with Crippen LogP contribution in [-0.4, -0.2) is 17.4 Å². The van der Waals surface area contributed by atoms with E-state index in [9.17, 15) is 4.79 Å². The number of nitrogens with zero attached hydrogens (tertiary/aromatic N) is 1. The van der Waals surface area contributed by atoms with E-state index in [0.29, 0.717) is 16.9 Å². The van der Waals surface area contributed by atoms with E-state index >= 15 is 0 Å². The molecule has 0 aliphatic heterocycles. The second-order valence-electron chi connectivity index (χ2n) is 11.5. The predicted molar refractivity (Wildman–Crippen MR) is 121 cm³/mol. The molecule has 30 heavy (non-hydrogen) atoms. The quantitative estimate of drug-likeness (QED) is 0.656. The Morgan fingerprint density at radius 1 is 1.10 bits per heavy atom. The molecular weight excluding hydrogens is 368 g/mol. The fraction of sp³-hybridized carbons (Fsp3) is 0.778. The number of carbonyl (C=O) groups excluding carboxylic acids is 1. The van der Waals surface area contributed by atoms with Crippen molar-refractivity contribution in [1.29, 1.82) is 0 Å². The van der Waals surface area contributed by atoms with Gasteiger partial charge in [-0.1, -0.05) is 26.7 Å². The molecule has 1 amide bonds. The van der Waals surface area contributed by atoms with Crippen LogP contribution in [0.2, 0.25) is 0 Å². The van der Waals surface area contributed by atoms with E-state index < -0.39 is 0 Å². The molecule has 4 aliphatic carbocycles. The number of aromatic nitrogens is 1. The third-order valence-corrected chi connectivity index (χ3v) is 10.1. The zero-order valence-corrected chi connectivity index (χ0v) is 19.0. The first-order chi connectivity index (χ1) is 14.6. The van der Waals surface area contributed by atoms with Crippen molar-refractivity contribution < 1.29 is 4.79 Å². The van der Waals surface area contributed by atoms with E-state index in [4.69, 9.17) is 0 Å². The lowest BCUT2D eigenvalue weighted by Crippen LogP contribution is -2.54. The van der Waals surface area contributed by atoms with Crippen LogP contribution in [0.5, 0.6) is 0 Å². The van der Waals surface area contributed by atoms with Gasteiger partial charge in [-0.15, -0.1) is 0 Å². The van der Waals surface area contributed by atoms with Crippen molar-refractivity contribution in [3.05, 3.63) is 30.1 Å². The normalized spacial score (nSPS) is 43.1. The lowest BCUT2D eigenvalue weighted by Gasteiger charge is -2.60. The molecule has 1 aromatic rings. The maximum Gasteiger partial charge on any atom is 0.252 e. The molecule has 5 rings (SSSR count). The number of fused-ring (bicyclic) bond motifs is 5. The smallest absolute Gasteiger partial charge is 0.252 e. The minimum absolute atomic E-state index is 0.0411. The molecule has 0 radical (unpaired) electrons. The molecule has 8 atom stereocenters. The number of hydrogen-bond acceptors (Lipinski definition) is 2. The Morgan fingerprint density at radius 3 is 2.80 bits per heavy atom. The molecule has 0 saturated heterocycles. The van der Waals surface area contributed by atoms with Crippen LogP contribution in [0.25, 0.3) is 0 Å². The van der Waals surface area contributed by atoms with Crippen molar-refractivity contribution in [3.8, 4) is 0 Å². The average molecular weight is 409 g/mol. The van der Waals surface area contributed by atoms with Gasteiger partial charge in [0, 0.05) is 18.9 Å². The molecule has 1 heterocycles. The van der Waals surface area contributed by atoms with Gasteiger partial charge in [0.25, 0.3) is 5.91 Å². The summed E-state index contributed by atoms with van der Waals surface area (Å²) < 4.78 is 0. The Bertz CT molecular complexity index is 748. The Balaban J connectivity index is 1.27. The highest BCUT2D eigenvalue weighted by Crippen LogP contribution is 2.62. The van der Waals surface area contributed by atoms with Crippen molar-refractivity contribution >= 4 is 5.91 Å². The standard InChI is InChI=1S/C27H40N2O/c1-18-8-10-22-19(15-18)9-11-24-23(22)12-13-27(2)21(6-3-7-25(24)27)17-29-26(30)20-5-4-14-28-16-20/h4-5,14,16,18-19,21-25H,3,6-13,15,17H2,1-2H3,(H,29,30). The largest absolute Gasteiger partial charge is 0.352 e. The van der Waals surface area contributed by atoms with Crippen LogP contribution < -0.4 is 5.32 Å². The maximum atomic E-state index is 12.6. The molecule has 0 bridgehead atoms. The Kier molecular flexibility index (Phi) is 5.66. The highest BCUT2D eigenvalue weighted by atomic mass is 16.1. The van der Waals surface area contributed by atoms with Gasteiger partial charge in [0.15, 0.2) is 0 Å². The van der Waals surface area contributed by atoms with Crippen LogP contribution in [0.15, 0.2) is 24.5 Å². The third kappa shape index (κ3) is 3.60. The van der Waals surface area contributed by atoms with Gasteiger partial charge in [-0.25, -0.2) is 0 Å². The van der Waals surface area contributed by atoms with Crippen LogP contribution >= 0.6 is 0 Å². The minimum atomic E-state index is 0.0411. The summed E-state index contributed by atoms with van der Waals surface area (Å²) in [4.78, 5) is 16.7.